The first-order valence-corrected chi connectivity index (χ1v) is 9.51. The fraction of sp³-hybridized carbons (Fsp3) is 0.211. The summed E-state index contributed by atoms with van der Waals surface area (Å²) in [5, 5.41) is 5.68. The Balaban J connectivity index is 1.52. The van der Waals surface area contributed by atoms with Crippen LogP contribution >= 0.6 is 11.8 Å². The molecule has 3 aromatic rings. The second-order valence-electron chi connectivity index (χ2n) is 5.87. The topological polar surface area (TPSA) is 84.0 Å². The van der Waals surface area contributed by atoms with E-state index in [1.807, 2.05) is 0 Å². The van der Waals surface area contributed by atoms with Crippen LogP contribution in [-0.2, 0) is 17.1 Å². The number of thioether (sulfide) groups is 1. The molecular weight excluding hydrogens is 369 g/mol. The monoisotopic (exact) mass is 387 g/mol. The number of hydrogen-bond donors (Lipinski definition) is 2. The first kappa shape index (κ1) is 18.9. The minimum Gasteiger partial charge on any atom is -0.354 e. The summed E-state index contributed by atoms with van der Waals surface area (Å²) in [4.78, 5) is 36.4. The zero-order chi connectivity index (χ0) is 19.2. The van der Waals surface area contributed by atoms with Crippen LogP contribution in [0.25, 0.3) is 10.8 Å². The summed E-state index contributed by atoms with van der Waals surface area (Å²) in [6, 6.07) is 13.0. The van der Waals surface area contributed by atoms with Crippen molar-refractivity contribution < 1.29 is 9.18 Å². The number of benzene rings is 2. The van der Waals surface area contributed by atoms with E-state index in [9.17, 15) is 18.8 Å². The molecule has 0 unspecified atom stereocenters. The van der Waals surface area contributed by atoms with Crippen molar-refractivity contribution in [2.75, 3.05) is 12.3 Å². The first-order valence-electron chi connectivity index (χ1n) is 8.36. The van der Waals surface area contributed by atoms with Crippen molar-refractivity contribution in [2.45, 2.75) is 12.3 Å². The minimum absolute atomic E-state index is 0.242. The van der Waals surface area contributed by atoms with Crippen LogP contribution in [0.15, 0.2) is 58.1 Å². The lowest BCUT2D eigenvalue weighted by Crippen LogP contribution is -2.37. The molecule has 2 N–H and O–H groups in total. The summed E-state index contributed by atoms with van der Waals surface area (Å²) < 4.78 is 14.5. The fourth-order valence-corrected chi connectivity index (χ4v) is 3.46. The number of amides is 1. The van der Waals surface area contributed by atoms with Gasteiger partial charge in [0.1, 0.15) is 12.4 Å². The molecular formula is C19H18FN3O3S. The summed E-state index contributed by atoms with van der Waals surface area (Å²) >= 11 is 1.50. The number of halogens is 1. The second-order valence-corrected chi connectivity index (χ2v) is 6.98. The maximum atomic E-state index is 13.5. The Morgan fingerprint density at radius 3 is 2.56 bits per heavy atom. The molecule has 140 valence electrons. The molecule has 3 rings (SSSR count). The Labute approximate surface area is 158 Å². The lowest BCUT2D eigenvalue weighted by molar-refractivity contribution is -0.121. The smallest absolute Gasteiger partial charge is 0.273 e. The van der Waals surface area contributed by atoms with Crippen molar-refractivity contribution in [2.24, 2.45) is 0 Å². The zero-order valence-corrected chi connectivity index (χ0v) is 15.2. The van der Waals surface area contributed by atoms with E-state index in [0.29, 0.717) is 29.0 Å². The molecule has 1 aromatic heterocycles. The second kappa shape index (κ2) is 8.68. The highest BCUT2D eigenvalue weighted by Gasteiger charge is 2.09. The van der Waals surface area contributed by atoms with Crippen molar-refractivity contribution in [3.63, 3.8) is 0 Å². The Bertz CT molecular complexity index is 1080. The Kier molecular flexibility index (Phi) is 6.08. The number of nitrogens with one attached hydrogen (secondary N) is 2. The predicted octanol–water partition coefficient (Wildman–Crippen LogP) is 1.88. The van der Waals surface area contributed by atoms with Gasteiger partial charge < -0.3 is 5.32 Å². The molecule has 0 spiro atoms. The fourth-order valence-electron chi connectivity index (χ4n) is 2.62. The third-order valence-corrected chi connectivity index (χ3v) is 4.98. The zero-order valence-electron chi connectivity index (χ0n) is 14.4. The molecule has 8 heteroatoms. The maximum Gasteiger partial charge on any atom is 0.273 e. The average Bonchev–Trinajstić information content (AvgIpc) is 2.67. The van der Waals surface area contributed by atoms with Gasteiger partial charge in [-0.1, -0.05) is 30.3 Å². The van der Waals surface area contributed by atoms with Gasteiger partial charge in [0.05, 0.1) is 10.8 Å². The van der Waals surface area contributed by atoms with Crippen molar-refractivity contribution in [3.05, 3.63) is 80.6 Å². The van der Waals surface area contributed by atoms with Gasteiger partial charge in [0, 0.05) is 18.1 Å². The quantitative estimate of drug-likeness (QED) is 0.607. The highest BCUT2D eigenvalue weighted by Crippen LogP contribution is 2.14. The van der Waals surface area contributed by atoms with Crippen LogP contribution in [-0.4, -0.2) is 28.0 Å². The number of aromatic amines is 1. The predicted molar refractivity (Wildman–Crippen MR) is 104 cm³/mol. The molecule has 0 fully saturated rings. The number of H-pyrrole nitrogens is 1. The summed E-state index contributed by atoms with van der Waals surface area (Å²) in [7, 11) is 0. The first-order chi connectivity index (χ1) is 13.1. The van der Waals surface area contributed by atoms with Crippen LogP contribution in [0.5, 0.6) is 0 Å². The van der Waals surface area contributed by atoms with Crippen molar-refractivity contribution >= 4 is 28.4 Å². The number of carbonyl (C=O) groups excluding carboxylic acids is 1. The molecule has 0 bridgehead atoms. The maximum absolute atomic E-state index is 13.5. The molecule has 0 aliphatic carbocycles. The Morgan fingerprint density at radius 1 is 1.07 bits per heavy atom. The molecule has 0 saturated heterocycles. The summed E-state index contributed by atoms with van der Waals surface area (Å²) in [5.74, 6) is 0.492. The normalized spacial score (nSPS) is 10.9. The van der Waals surface area contributed by atoms with Gasteiger partial charge >= 0.3 is 0 Å². The Hall–Kier alpha value is -2.87. The van der Waals surface area contributed by atoms with E-state index in [0.717, 1.165) is 4.68 Å². The third kappa shape index (κ3) is 4.65. The van der Waals surface area contributed by atoms with Crippen LogP contribution in [0.4, 0.5) is 4.39 Å². The standard InChI is InChI=1S/C19H18FN3O3S/c20-16-8-4-1-5-13(16)12-27-10-9-21-17(24)11-23-19(26)15-7-3-2-6-14(15)18(25)22-23/h1-8H,9-12H2,(H,21,24)(H,22,25). The number of fused-ring (bicyclic) bond motifs is 1. The molecule has 0 radical (unpaired) electrons. The van der Waals surface area contributed by atoms with Gasteiger partial charge in [0.2, 0.25) is 5.91 Å². The summed E-state index contributed by atoms with van der Waals surface area (Å²) in [6.07, 6.45) is 0. The number of rotatable bonds is 7. The lowest BCUT2D eigenvalue weighted by atomic mass is 10.2. The van der Waals surface area contributed by atoms with E-state index in [2.05, 4.69) is 10.4 Å². The van der Waals surface area contributed by atoms with E-state index in [4.69, 9.17) is 0 Å². The van der Waals surface area contributed by atoms with Crippen LogP contribution in [0.3, 0.4) is 0 Å². The molecule has 1 heterocycles. The third-order valence-electron chi connectivity index (χ3n) is 3.97. The highest BCUT2D eigenvalue weighted by molar-refractivity contribution is 7.98. The molecule has 0 aliphatic rings. The molecule has 6 nitrogen and oxygen atoms in total. The molecule has 0 saturated carbocycles. The average molecular weight is 387 g/mol. The molecule has 0 atom stereocenters. The molecule has 0 aliphatic heterocycles. The molecule has 2 aromatic carbocycles. The summed E-state index contributed by atoms with van der Waals surface area (Å²) in [5.41, 5.74) is -0.221. The van der Waals surface area contributed by atoms with Crippen molar-refractivity contribution in [1.29, 1.82) is 0 Å². The van der Waals surface area contributed by atoms with Crippen LogP contribution in [0, 0.1) is 5.82 Å². The molecule has 27 heavy (non-hydrogen) atoms. The van der Waals surface area contributed by atoms with Crippen LogP contribution in [0.2, 0.25) is 0 Å². The van der Waals surface area contributed by atoms with Gasteiger partial charge in [0.15, 0.2) is 0 Å². The summed E-state index contributed by atoms with van der Waals surface area (Å²) in [6.45, 7) is 0.113. The highest BCUT2D eigenvalue weighted by atomic mass is 32.2. The van der Waals surface area contributed by atoms with Crippen LogP contribution < -0.4 is 16.4 Å². The van der Waals surface area contributed by atoms with Gasteiger partial charge in [-0.25, -0.2) is 9.07 Å². The largest absolute Gasteiger partial charge is 0.354 e. The van der Waals surface area contributed by atoms with E-state index in [1.54, 1.807) is 42.5 Å². The van der Waals surface area contributed by atoms with Gasteiger partial charge in [-0.2, -0.15) is 11.8 Å². The van der Waals surface area contributed by atoms with Crippen molar-refractivity contribution in [1.82, 2.24) is 15.1 Å². The van der Waals surface area contributed by atoms with E-state index in [1.165, 1.54) is 17.8 Å². The van der Waals surface area contributed by atoms with Crippen molar-refractivity contribution in [3.8, 4) is 0 Å². The lowest BCUT2D eigenvalue weighted by Gasteiger charge is -2.08. The van der Waals surface area contributed by atoms with Gasteiger partial charge in [-0.3, -0.25) is 19.5 Å². The van der Waals surface area contributed by atoms with Gasteiger partial charge in [-0.15, -0.1) is 0 Å². The Morgan fingerprint density at radius 2 is 1.78 bits per heavy atom. The number of nitrogens with zero attached hydrogens (tertiary/aromatic N) is 1. The van der Waals surface area contributed by atoms with E-state index >= 15 is 0 Å². The van der Waals surface area contributed by atoms with Gasteiger partial charge in [0.25, 0.3) is 11.1 Å². The van der Waals surface area contributed by atoms with E-state index in [-0.39, 0.29) is 23.7 Å². The van der Waals surface area contributed by atoms with E-state index < -0.39 is 11.1 Å². The van der Waals surface area contributed by atoms with Gasteiger partial charge in [-0.05, 0) is 23.8 Å². The SMILES string of the molecule is O=C(Cn1[nH]c(=O)c2ccccc2c1=O)NCCSCc1ccccc1F. The number of carbonyl (C=O) groups is 1. The molecule has 1 amide bonds. The van der Waals surface area contributed by atoms with Crippen LogP contribution in [0.1, 0.15) is 5.56 Å². The number of hydrogen-bond acceptors (Lipinski definition) is 4. The number of aromatic nitrogens is 2. The minimum atomic E-state index is -0.422.